The molecule has 0 aromatic heterocycles. The number of piperazine rings is 1. The van der Waals surface area contributed by atoms with Crippen molar-refractivity contribution in [2.24, 2.45) is 0 Å². The van der Waals surface area contributed by atoms with E-state index in [1.807, 2.05) is 0 Å². The lowest BCUT2D eigenvalue weighted by Gasteiger charge is -2.31. The zero-order chi connectivity index (χ0) is 13.1. The van der Waals surface area contributed by atoms with Crippen LogP contribution in [0, 0.1) is 0 Å². The minimum absolute atomic E-state index is 0.0532. The highest BCUT2D eigenvalue weighted by Crippen LogP contribution is 2.15. The first kappa shape index (κ1) is 12.7. The molecule has 18 heavy (non-hydrogen) atoms. The summed E-state index contributed by atoms with van der Waals surface area (Å²) in [6.45, 7) is 1.21. The molecule has 1 aliphatic rings. The normalized spacial score (nSPS) is 15.8. The van der Waals surface area contributed by atoms with Crippen molar-refractivity contribution >= 4 is 29.2 Å². The molecule has 1 fully saturated rings. The van der Waals surface area contributed by atoms with Crippen LogP contribution in [0.15, 0.2) is 24.3 Å². The van der Waals surface area contributed by atoms with Gasteiger partial charge in [0.2, 0.25) is 5.91 Å². The van der Waals surface area contributed by atoms with Crippen molar-refractivity contribution in [2.75, 3.05) is 32.0 Å². The predicted octanol–water partition coefficient (Wildman–Crippen LogP) is 1.65. The molecule has 0 spiro atoms. The molecule has 1 saturated heterocycles. The lowest BCUT2D eigenvalue weighted by atomic mass is 10.3. The molecule has 0 unspecified atom stereocenters. The van der Waals surface area contributed by atoms with Gasteiger partial charge in [0.15, 0.2) is 0 Å². The molecule has 0 bridgehead atoms. The van der Waals surface area contributed by atoms with Crippen molar-refractivity contribution < 1.29 is 9.59 Å². The molecule has 0 aliphatic carbocycles. The van der Waals surface area contributed by atoms with Gasteiger partial charge in [0.05, 0.1) is 0 Å². The summed E-state index contributed by atoms with van der Waals surface area (Å²) < 4.78 is 0. The van der Waals surface area contributed by atoms with E-state index in [0.29, 0.717) is 23.8 Å². The summed E-state index contributed by atoms with van der Waals surface area (Å²) in [6.07, 6.45) is 0. The number of nitrogens with zero attached hydrogens (tertiary/aromatic N) is 2. The van der Waals surface area contributed by atoms with Crippen molar-refractivity contribution in [3.8, 4) is 0 Å². The molecule has 1 aromatic carbocycles. The number of rotatable bonds is 1. The number of carbonyl (C=O) groups is 2. The number of anilines is 1. The number of halogens is 1. The number of benzene rings is 1. The summed E-state index contributed by atoms with van der Waals surface area (Å²) in [5.74, 6) is -0.0532. The Balaban J connectivity index is 1.98. The van der Waals surface area contributed by atoms with E-state index in [2.05, 4.69) is 5.32 Å². The average molecular weight is 268 g/mol. The largest absolute Gasteiger partial charge is 0.342 e. The molecule has 1 aliphatic heterocycles. The summed E-state index contributed by atoms with van der Waals surface area (Å²) >= 11 is 5.83. The fourth-order valence-electron chi connectivity index (χ4n) is 1.70. The lowest BCUT2D eigenvalue weighted by Crippen LogP contribution is -2.51. The van der Waals surface area contributed by atoms with Crippen LogP contribution in [0.1, 0.15) is 0 Å². The molecule has 2 rings (SSSR count). The molecule has 0 atom stereocenters. The Morgan fingerprint density at radius 3 is 2.83 bits per heavy atom. The maximum Gasteiger partial charge on any atom is 0.322 e. The highest BCUT2D eigenvalue weighted by atomic mass is 35.5. The van der Waals surface area contributed by atoms with Gasteiger partial charge < -0.3 is 15.1 Å². The van der Waals surface area contributed by atoms with Crippen LogP contribution in [0.25, 0.3) is 0 Å². The number of hydrogen-bond acceptors (Lipinski definition) is 2. The summed E-state index contributed by atoms with van der Waals surface area (Å²) in [7, 11) is 1.73. The Morgan fingerprint density at radius 1 is 1.39 bits per heavy atom. The van der Waals surface area contributed by atoms with Crippen LogP contribution in [0.2, 0.25) is 5.02 Å². The fourth-order valence-corrected chi connectivity index (χ4v) is 1.89. The SMILES string of the molecule is CN1CCN(C(=O)Nc2cccc(Cl)c2)CC1=O. The molecule has 5 nitrogen and oxygen atoms in total. The Morgan fingerprint density at radius 2 is 2.17 bits per heavy atom. The fraction of sp³-hybridized carbons (Fsp3) is 0.333. The molecular formula is C12H14ClN3O2. The maximum absolute atomic E-state index is 11.9. The molecule has 1 aromatic rings. The Bertz CT molecular complexity index is 478. The van der Waals surface area contributed by atoms with E-state index >= 15 is 0 Å². The summed E-state index contributed by atoms with van der Waals surface area (Å²) in [6, 6.07) is 6.63. The predicted molar refractivity (Wildman–Crippen MR) is 69.7 cm³/mol. The highest BCUT2D eigenvalue weighted by molar-refractivity contribution is 6.30. The standard InChI is InChI=1S/C12H14ClN3O2/c1-15-5-6-16(8-11(15)17)12(18)14-10-4-2-3-9(13)7-10/h2-4,7H,5-6,8H2,1H3,(H,14,18). The summed E-state index contributed by atoms with van der Waals surface area (Å²) in [4.78, 5) is 26.5. The van der Waals surface area contributed by atoms with Crippen LogP contribution >= 0.6 is 11.6 Å². The minimum Gasteiger partial charge on any atom is -0.342 e. The van der Waals surface area contributed by atoms with Crippen LogP contribution in [0.3, 0.4) is 0 Å². The van der Waals surface area contributed by atoms with Crippen molar-refractivity contribution in [3.05, 3.63) is 29.3 Å². The van der Waals surface area contributed by atoms with Gasteiger partial charge in [-0.2, -0.15) is 0 Å². The average Bonchev–Trinajstić information content (AvgIpc) is 2.32. The molecular weight excluding hydrogens is 254 g/mol. The van der Waals surface area contributed by atoms with Crippen molar-refractivity contribution in [3.63, 3.8) is 0 Å². The molecule has 0 radical (unpaired) electrons. The Labute approximate surface area is 110 Å². The zero-order valence-corrected chi connectivity index (χ0v) is 10.8. The summed E-state index contributed by atoms with van der Waals surface area (Å²) in [5.41, 5.74) is 0.624. The number of nitrogens with one attached hydrogen (secondary N) is 1. The molecule has 0 saturated carbocycles. The van der Waals surface area contributed by atoms with Crippen LogP contribution in [-0.2, 0) is 4.79 Å². The second kappa shape index (κ2) is 5.27. The zero-order valence-electron chi connectivity index (χ0n) is 10.0. The van der Waals surface area contributed by atoms with Gasteiger partial charge in [-0.1, -0.05) is 17.7 Å². The maximum atomic E-state index is 11.9. The van der Waals surface area contributed by atoms with Crippen LogP contribution in [0.4, 0.5) is 10.5 Å². The molecule has 3 amide bonds. The smallest absolute Gasteiger partial charge is 0.322 e. The van der Waals surface area contributed by atoms with Gasteiger partial charge in [-0.05, 0) is 18.2 Å². The number of amides is 3. The second-order valence-electron chi connectivity index (χ2n) is 4.18. The number of likely N-dealkylation sites (N-methyl/N-ethyl adjacent to an activating group) is 1. The van der Waals surface area contributed by atoms with Crippen molar-refractivity contribution in [2.45, 2.75) is 0 Å². The number of urea groups is 1. The van der Waals surface area contributed by atoms with Gasteiger partial charge in [0.1, 0.15) is 6.54 Å². The van der Waals surface area contributed by atoms with Crippen LogP contribution in [0.5, 0.6) is 0 Å². The monoisotopic (exact) mass is 267 g/mol. The lowest BCUT2D eigenvalue weighted by molar-refractivity contribution is -0.133. The molecule has 6 heteroatoms. The third-order valence-corrected chi connectivity index (χ3v) is 3.06. The van der Waals surface area contributed by atoms with E-state index in [9.17, 15) is 9.59 Å². The Hall–Kier alpha value is -1.75. The van der Waals surface area contributed by atoms with E-state index in [1.165, 1.54) is 4.90 Å². The van der Waals surface area contributed by atoms with E-state index < -0.39 is 0 Å². The van der Waals surface area contributed by atoms with Gasteiger partial charge in [-0.15, -0.1) is 0 Å². The van der Waals surface area contributed by atoms with Gasteiger partial charge in [0.25, 0.3) is 0 Å². The van der Waals surface area contributed by atoms with E-state index in [-0.39, 0.29) is 18.5 Å². The van der Waals surface area contributed by atoms with Gasteiger partial charge in [-0.25, -0.2) is 4.79 Å². The Kier molecular flexibility index (Phi) is 3.72. The van der Waals surface area contributed by atoms with Gasteiger partial charge in [-0.3, -0.25) is 4.79 Å². The number of carbonyl (C=O) groups excluding carboxylic acids is 2. The molecule has 1 heterocycles. The highest BCUT2D eigenvalue weighted by Gasteiger charge is 2.24. The number of hydrogen-bond donors (Lipinski definition) is 1. The first-order valence-electron chi connectivity index (χ1n) is 5.62. The van der Waals surface area contributed by atoms with E-state index in [0.717, 1.165) is 0 Å². The third-order valence-electron chi connectivity index (χ3n) is 2.82. The van der Waals surface area contributed by atoms with E-state index in [4.69, 9.17) is 11.6 Å². The minimum atomic E-state index is -0.279. The third kappa shape index (κ3) is 2.92. The van der Waals surface area contributed by atoms with E-state index in [1.54, 1.807) is 36.2 Å². The van der Waals surface area contributed by atoms with Gasteiger partial charge in [0, 0.05) is 30.8 Å². The second-order valence-corrected chi connectivity index (χ2v) is 4.61. The molecule has 96 valence electrons. The van der Waals surface area contributed by atoms with Crippen molar-refractivity contribution in [1.29, 1.82) is 0 Å². The quantitative estimate of drug-likeness (QED) is 0.841. The van der Waals surface area contributed by atoms with Crippen LogP contribution in [-0.4, -0.2) is 48.4 Å². The first-order valence-corrected chi connectivity index (χ1v) is 5.99. The first-order chi connectivity index (χ1) is 8.56. The summed E-state index contributed by atoms with van der Waals surface area (Å²) in [5, 5.41) is 3.28. The van der Waals surface area contributed by atoms with Crippen molar-refractivity contribution in [1.82, 2.24) is 9.80 Å². The topological polar surface area (TPSA) is 52.6 Å². The van der Waals surface area contributed by atoms with Crippen LogP contribution < -0.4 is 5.32 Å². The molecule has 1 N–H and O–H groups in total. The van der Waals surface area contributed by atoms with Gasteiger partial charge >= 0.3 is 6.03 Å².